The molecule has 2 aliphatic heterocycles. The van der Waals surface area contributed by atoms with Gasteiger partial charge in [-0.3, -0.25) is 4.68 Å². The van der Waals surface area contributed by atoms with Gasteiger partial charge in [0.15, 0.2) is 11.4 Å². The van der Waals surface area contributed by atoms with E-state index in [4.69, 9.17) is 4.74 Å². The number of hydrogen-bond acceptors (Lipinski definition) is 3. The van der Waals surface area contributed by atoms with Crippen molar-refractivity contribution in [3.05, 3.63) is 11.9 Å². The van der Waals surface area contributed by atoms with Crippen LogP contribution in [0.4, 0.5) is 4.39 Å². The molecular formula is C14H22FN3O. The first-order chi connectivity index (χ1) is 9.16. The van der Waals surface area contributed by atoms with Crippen molar-refractivity contribution in [2.75, 3.05) is 7.11 Å². The van der Waals surface area contributed by atoms with Gasteiger partial charge < -0.3 is 10.1 Å². The summed E-state index contributed by atoms with van der Waals surface area (Å²) in [6.07, 6.45) is 5.83. The summed E-state index contributed by atoms with van der Waals surface area (Å²) in [5.41, 5.74) is -0.649. The van der Waals surface area contributed by atoms with Gasteiger partial charge in [0.1, 0.15) is 5.69 Å². The number of hydrogen-bond donors (Lipinski definition) is 1. The van der Waals surface area contributed by atoms with Gasteiger partial charge in [0.2, 0.25) is 0 Å². The minimum absolute atomic E-state index is 0.304. The minimum Gasteiger partial charge on any atom is -0.493 e. The van der Waals surface area contributed by atoms with Crippen molar-refractivity contribution in [3.63, 3.8) is 0 Å². The standard InChI is InChI=1S/C14H22FN3O/c1-3-6-18-13(12(19-2)9-16-18)14(15)7-10-4-5-11(8-14)17-10/h9-11,17H,3-8H2,1-2H3. The van der Waals surface area contributed by atoms with E-state index in [9.17, 15) is 0 Å². The zero-order valence-corrected chi connectivity index (χ0v) is 11.7. The lowest BCUT2D eigenvalue weighted by Crippen LogP contribution is -2.45. The number of aryl methyl sites for hydroxylation is 1. The fraction of sp³-hybridized carbons (Fsp3) is 0.786. The van der Waals surface area contributed by atoms with Gasteiger partial charge in [0.25, 0.3) is 0 Å². The summed E-state index contributed by atoms with van der Waals surface area (Å²) in [6.45, 7) is 2.82. The molecule has 1 aromatic rings. The highest BCUT2D eigenvalue weighted by Gasteiger charge is 2.48. The number of alkyl halides is 1. The number of nitrogens with one attached hydrogen (secondary N) is 1. The maximum Gasteiger partial charge on any atom is 0.163 e. The topological polar surface area (TPSA) is 39.1 Å². The normalized spacial score (nSPS) is 33.6. The molecule has 19 heavy (non-hydrogen) atoms. The van der Waals surface area contributed by atoms with Crippen LogP contribution in [0.2, 0.25) is 0 Å². The predicted octanol–water partition coefficient (Wildman–Crippen LogP) is 2.38. The van der Waals surface area contributed by atoms with Crippen LogP contribution in [0.3, 0.4) is 0 Å². The van der Waals surface area contributed by atoms with Gasteiger partial charge in [-0.05, 0) is 19.3 Å². The number of piperidine rings is 1. The van der Waals surface area contributed by atoms with Crippen LogP contribution in [0.15, 0.2) is 6.20 Å². The van der Waals surface area contributed by atoms with Crippen LogP contribution in [-0.2, 0) is 12.2 Å². The third kappa shape index (κ3) is 2.14. The molecule has 0 aliphatic carbocycles. The Hall–Kier alpha value is -1.10. The second-order valence-corrected chi connectivity index (χ2v) is 5.80. The molecule has 2 aliphatic rings. The number of nitrogens with zero attached hydrogens (tertiary/aromatic N) is 2. The van der Waals surface area contributed by atoms with Crippen molar-refractivity contribution < 1.29 is 9.13 Å². The van der Waals surface area contributed by atoms with Crippen LogP contribution < -0.4 is 10.1 Å². The molecule has 0 amide bonds. The molecule has 2 bridgehead atoms. The van der Waals surface area contributed by atoms with E-state index < -0.39 is 5.67 Å². The Labute approximate surface area is 113 Å². The number of halogens is 1. The Bertz CT molecular complexity index is 448. The Morgan fingerprint density at radius 3 is 2.74 bits per heavy atom. The van der Waals surface area contributed by atoms with E-state index in [1.54, 1.807) is 18.0 Å². The maximum absolute atomic E-state index is 15.5. The molecular weight excluding hydrogens is 245 g/mol. The molecule has 0 radical (unpaired) electrons. The molecule has 4 nitrogen and oxygen atoms in total. The summed E-state index contributed by atoms with van der Waals surface area (Å²) in [6, 6.07) is 0.608. The summed E-state index contributed by atoms with van der Waals surface area (Å²) in [5.74, 6) is 0.595. The van der Waals surface area contributed by atoms with Crippen molar-refractivity contribution in [1.29, 1.82) is 0 Å². The monoisotopic (exact) mass is 267 g/mol. The lowest BCUT2D eigenvalue weighted by Gasteiger charge is -2.35. The number of methoxy groups -OCH3 is 1. The highest BCUT2D eigenvalue weighted by Crippen LogP contribution is 2.46. The fourth-order valence-electron chi connectivity index (χ4n) is 3.63. The fourth-order valence-corrected chi connectivity index (χ4v) is 3.63. The Balaban J connectivity index is 1.97. The largest absolute Gasteiger partial charge is 0.493 e. The van der Waals surface area contributed by atoms with Gasteiger partial charge in [0, 0.05) is 31.5 Å². The Morgan fingerprint density at radius 2 is 2.16 bits per heavy atom. The molecule has 0 aromatic carbocycles. The van der Waals surface area contributed by atoms with Gasteiger partial charge in [0.05, 0.1) is 13.3 Å². The zero-order valence-electron chi connectivity index (χ0n) is 11.7. The summed E-state index contributed by atoms with van der Waals surface area (Å²) >= 11 is 0. The third-order valence-electron chi connectivity index (χ3n) is 4.36. The van der Waals surface area contributed by atoms with Crippen molar-refractivity contribution in [2.45, 2.75) is 63.3 Å². The number of rotatable bonds is 4. The van der Waals surface area contributed by atoms with Crippen molar-refractivity contribution in [1.82, 2.24) is 15.1 Å². The predicted molar refractivity (Wildman–Crippen MR) is 71.0 cm³/mol. The highest BCUT2D eigenvalue weighted by molar-refractivity contribution is 5.32. The Kier molecular flexibility index (Phi) is 3.25. The second kappa shape index (κ2) is 4.78. The van der Waals surface area contributed by atoms with E-state index >= 15 is 4.39 Å². The molecule has 2 fully saturated rings. The van der Waals surface area contributed by atoms with E-state index in [0.717, 1.165) is 25.8 Å². The summed E-state index contributed by atoms with van der Waals surface area (Å²) in [5, 5.41) is 7.78. The highest BCUT2D eigenvalue weighted by atomic mass is 19.1. The first-order valence-corrected chi connectivity index (χ1v) is 7.21. The van der Waals surface area contributed by atoms with Crippen LogP contribution in [0, 0.1) is 0 Å². The molecule has 3 rings (SSSR count). The van der Waals surface area contributed by atoms with E-state index in [1.165, 1.54) is 0 Å². The SMILES string of the molecule is CCCn1ncc(OC)c1C1(F)CC2CCC(C1)N2. The quantitative estimate of drug-likeness (QED) is 0.910. The average molecular weight is 267 g/mol. The van der Waals surface area contributed by atoms with Gasteiger partial charge in [-0.15, -0.1) is 0 Å². The molecule has 5 heteroatoms. The molecule has 1 aromatic heterocycles. The lowest BCUT2D eigenvalue weighted by molar-refractivity contribution is 0.0739. The van der Waals surface area contributed by atoms with Gasteiger partial charge in [-0.2, -0.15) is 5.10 Å². The first-order valence-electron chi connectivity index (χ1n) is 7.21. The van der Waals surface area contributed by atoms with Crippen LogP contribution in [-0.4, -0.2) is 29.0 Å². The summed E-state index contributed by atoms with van der Waals surface area (Å²) in [4.78, 5) is 0. The molecule has 0 saturated carbocycles. The average Bonchev–Trinajstić information content (AvgIpc) is 2.94. The number of fused-ring (bicyclic) bond motifs is 2. The number of aromatic nitrogens is 2. The van der Waals surface area contributed by atoms with Crippen LogP contribution >= 0.6 is 0 Å². The lowest BCUT2D eigenvalue weighted by atomic mass is 9.86. The molecule has 0 spiro atoms. The second-order valence-electron chi connectivity index (χ2n) is 5.80. The molecule has 2 atom stereocenters. The smallest absolute Gasteiger partial charge is 0.163 e. The van der Waals surface area contributed by atoms with E-state index in [1.807, 2.05) is 0 Å². The van der Waals surface area contributed by atoms with Crippen molar-refractivity contribution in [2.24, 2.45) is 0 Å². The van der Waals surface area contributed by atoms with Crippen LogP contribution in [0.1, 0.15) is 44.7 Å². The summed E-state index contributed by atoms with van der Waals surface area (Å²) < 4.78 is 22.7. The van der Waals surface area contributed by atoms with Crippen molar-refractivity contribution in [3.8, 4) is 5.75 Å². The van der Waals surface area contributed by atoms with E-state index in [0.29, 0.717) is 36.4 Å². The van der Waals surface area contributed by atoms with Crippen LogP contribution in [0.25, 0.3) is 0 Å². The molecule has 3 heterocycles. The third-order valence-corrected chi connectivity index (χ3v) is 4.36. The molecule has 2 saturated heterocycles. The van der Waals surface area contributed by atoms with Gasteiger partial charge in [-0.25, -0.2) is 4.39 Å². The molecule has 1 N–H and O–H groups in total. The summed E-state index contributed by atoms with van der Waals surface area (Å²) in [7, 11) is 1.59. The first kappa shape index (κ1) is 12.9. The van der Waals surface area contributed by atoms with Gasteiger partial charge in [-0.1, -0.05) is 6.92 Å². The molecule has 106 valence electrons. The zero-order chi connectivity index (χ0) is 13.5. The van der Waals surface area contributed by atoms with Gasteiger partial charge >= 0.3 is 0 Å². The minimum atomic E-state index is -1.30. The maximum atomic E-state index is 15.5. The molecule has 2 unspecified atom stereocenters. The van der Waals surface area contributed by atoms with Crippen molar-refractivity contribution >= 4 is 0 Å². The van der Waals surface area contributed by atoms with E-state index in [-0.39, 0.29) is 0 Å². The van der Waals surface area contributed by atoms with Crippen LogP contribution in [0.5, 0.6) is 5.75 Å². The Morgan fingerprint density at radius 1 is 1.47 bits per heavy atom. The number of ether oxygens (including phenoxy) is 1. The van der Waals surface area contributed by atoms with E-state index in [2.05, 4.69) is 17.3 Å².